The third kappa shape index (κ3) is 6.31. The van der Waals surface area contributed by atoms with Gasteiger partial charge in [-0.15, -0.1) is 0 Å². The van der Waals surface area contributed by atoms with E-state index >= 15 is 0 Å². The number of hydrazine groups is 1. The highest BCUT2D eigenvalue weighted by Gasteiger charge is 2.27. The molecule has 9 nitrogen and oxygen atoms in total. The first kappa shape index (κ1) is 28.0. The fourth-order valence-corrected chi connectivity index (χ4v) is 4.16. The molecule has 4 rings (SSSR count). The molecule has 1 atom stereocenters. The van der Waals surface area contributed by atoms with Gasteiger partial charge in [-0.2, -0.15) is 0 Å². The Morgan fingerprint density at radius 2 is 1.60 bits per heavy atom. The van der Waals surface area contributed by atoms with Crippen LogP contribution in [-0.4, -0.2) is 50.3 Å². The number of carboxylic acids is 1. The zero-order valence-corrected chi connectivity index (χ0v) is 22.4. The molecule has 0 saturated carbocycles. The van der Waals surface area contributed by atoms with Crippen molar-refractivity contribution in [2.24, 2.45) is 11.8 Å². The highest BCUT2D eigenvalue weighted by Crippen LogP contribution is 2.24. The Morgan fingerprint density at radius 1 is 0.975 bits per heavy atom. The molecule has 2 aromatic heterocycles. The molecule has 202 valence electrons. The second-order valence-corrected chi connectivity index (χ2v) is 9.69. The first-order valence-electron chi connectivity index (χ1n) is 12.7. The fraction of sp³-hybridized carbons (Fsp3) is 0.194. The average molecular weight is 536 g/mol. The molecule has 4 aromatic rings. The predicted molar refractivity (Wildman–Crippen MR) is 152 cm³/mol. The van der Waals surface area contributed by atoms with Crippen LogP contribution in [0.25, 0.3) is 22.2 Å². The van der Waals surface area contributed by atoms with Gasteiger partial charge in [-0.3, -0.25) is 20.0 Å². The largest absolute Gasteiger partial charge is 0.480 e. The number of nitrogen functional groups attached to an aromatic ring is 1. The van der Waals surface area contributed by atoms with Crippen LogP contribution in [0.3, 0.4) is 0 Å². The zero-order valence-electron chi connectivity index (χ0n) is 22.4. The standard InChI is InChI=1S/C31H29N5O4/c1-19(2)18-36(20(3)31(39)40)30(38)24-12-8-22(9-13-24)5-4-21-6-10-23(11-7-21)28-16-25(29(37)35-32)26-17-33-15-14-27(26)34-28/h6-17,19-20H,18,32H2,1-3H3,(H,35,37)(H,39,40). The number of fused-ring (bicyclic) bond motifs is 1. The third-order valence-corrected chi connectivity index (χ3v) is 6.30. The summed E-state index contributed by atoms with van der Waals surface area (Å²) in [5.41, 5.74) is 6.48. The number of carbonyl (C=O) groups is 3. The summed E-state index contributed by atoms with van der Waals surface area (Å²) in [5, 5.41) is 10.0. The Kier molecular flexibility index (Phi) is 8.52. The van der Waals surface area contributed by atoms with Crippen LogP contribution in [0.15, 0.2) is 73.1 Å². The van der Waals surface area contributed by atoms with Gasteiger partial charge in [0.2, 0.25) is 0 Å². The van der Waals surface area contributed by atoms with E-state index in [1.165, 1.54) is 11.8 Å². The van der Waals surface area contributed by atoms with Crippen molar-refractivity contribution < 1.29 is 19.5 Å². The Hall–Kier alpha value is -5.07. The lowest BCUT2D eigenvalue weighted by molar-refractivity contribution is -0.141. The van der Waals surface area contributed by atoms with Gasteiger partial charge in [-0.05, 0) is 61.4 Å². The summed E-state index contributed by atoms with van der Waals surface area (Å²) in [7, 11) is 0. The Morgan fingerprint density at radius 3 is 2.17 bits per heavy atom. The molecule has 4 N–H and O–H groups in total. The van der Waals surface area contributed by atoms with Gasteiger partial charge >= 0.3 is 5.97 Å². The van der Waals surface area contributed by atoms with Crippen molar-refractivity contribution in [3.63, 3.8) is 0 Å². The minimum atomic E-state index is -1.04. The van der Waals surface area contributed by atoms with Crippen LogP contribution in [0.1, 0.15) is 52.6 Å². The smallest absolute Gasteiger partial charge is 0.326 e. The number of aliphatic carboxylic acids is 1. The van der Waals surface area contributed by atoms with Gasteiger partial charge in [0, 0.05) is 46.6 Å². The number of rotatable bonds is 7. The SMILES string of the molecule is CC(C)CN(C(=O)c1ccc(C#Cc2ccc(-c3cc(C(=O)NN)c4cnccc4n3)cc2)cc1)C(C)C(=O)O. The zero-order chi connectivity index (χ0) is 28.8. The summed E-state index contributed by atoms with van der Waals surface area (Å²) in [6.45, 7) is 5.73. The first-order valence-corrected chi connectivity index (χ1v) is 12.7. The number of pyridine rings is 2. The fourth-order valence-electron chi connectivity index (χ4n) is 4.16. The maximum Gasteiger partial charge on any atom is 0.326 e. The van der Waals surface area contributed by atoms with Crippen LogP contribution in [0, 0.1) is 17.8 Å². The molecule has 2 amide bonds. The summed E-state index contributed by atoms with van der Waals surface area (Å²) in [5.74, 6) is 9.88. The lowest BCUT2D eigenvalue weighted by atomic mass is 10.0. The van der Waals surface area contributed by atoms with Crippen LogP contribution in [0.4, 0.5) is 0 Å². The number of carboxylic acid groups (broad SMARTS) is 1. The molecule has 0 spiro atoms. The number of nitrogens with two attached hydrogens (primary N) is 1. The third-order valence-electron chi connectivity index (χ3n) is 6.30. The maximum atomic E-state index is 13.0. The Labute approximate surface area is 232 Å². The van der Waals surface area contributed by atoms with E-state index in [-0.39, 0.29) is 11.8 Å². The number of hydrogen-bond acceptors (Lipinski definition) is 6. The van der Waals surface area contributed by atoms with Crippen LogP contribution in [0.2, 0.25) is 0 Å². The molecule has 0 saturated heterocycles. The van der Waals surface area contributed by atoms with Gasteiger partial charge in [0.05, 0.1) is 16.8 Å². The molecule has 0 radical (unpaired) electrons. The van der Waals surface area contributed by atoms with Gasteiger partial charge in [-0.1, -0.05) is 37.8 Å². The molecular weight excluding hydrogens is 506 g/mol. The first-order chi connectivity index (χ1) is 19.2. The van der Waals surface area contributed by atoms with E-state index in [2.05, 4.69) is 27.2 Å². The Bertz CT molecular complexity index is 1620. The van der Waals surface area contributed by atoms with Gasteiger partial charge in [0.15, 0.2) is 0 Å². The normalized spacial score (nSPS) is 11.4. The van der Waals surface area contributed by atoms with Crippen LogP contribution in [-0.2, 0) is 4.79 Å². The van der Waals surface area contributed by atoms with E-state index in [4.69, 9.17) is 5.84 Å². The predicted octanol–water partition coefficient (Wildman–Crippen LogP) is 3.87. The van der Waals surface area contributed by atoms with E-state index < -0.39 is 17.9 Å². The molecule has 2 aromatic carbocycles. The molecule has 1 unspecified atom stereocenters. The summed E-state index contributed by atoms with van der Waals surface area (Å²) >= 11 is 0. The van der Waals surface area contributed by atoms with Gasteiger partial charge < -0.3 is 10.0 Å². The molecule has 0 aliphatic carbocycles. The molecule has 0 bridgehead atoms. The highest BCUT2D eigenvalue weighted by atomic mass is 16.4. The van der Waals surface area contributed by atoms with Crippen molar-refractivity contribution >= 4 is 28.7 Å². The minimum absolute atomic E-state index is 0.129. The van der Waals surface area contributed by atoms with Gasteiger partial charge in [0.1, 0.15) is 6.04 Å². The van der Waals surface area contributed by atoms with Crippen molar-refractivity contribution in [1.29, 1.82) is 0 Å². The molecule has 0 aliphatic rings. The van der Waals surface area contributed by atoms with Crippen molar-refractivity contribution in [1.82, 2.24) is 20.3 Å². The second-order valence-electron chi connectivity index (χ2n) is 9.69. The van der Waals surface area contributed by atoms with Crippen LogP contribution in [0.5, 0.6) is 0 Å². The van der Waals surface area contributed by atoms with E-state index in [1.807, 2.05) is 38.1 Å². The van der Waals surface area contributed by atoms with Crippen molar-refractivity contribution in [3.05, 3.63) is 95.3 Å². The average Bonchev–Trinajstić information content (AvgIpc) is 2.97. The van der Waals surface area contributed by atoms with Crippen LogP contribution >= 0.6 is 0 Å². The summed E-state index contributed by atoms with van der Waals surface area (Å²) in [6.07, 6.45) is 3.19. The van der Waals surface area contributed by atoms with E-state index in [1.54, 1.807) is 48.8 Å². The molecule has 0 aliphatic heterocycles. The number of nitrogens with one attached hydrogen (secondary N) is 1. The molecular formula is C31H29N5O4. The molecule has 0 fully saturated rings. The molecule has 40 heavy (non-hydrogen) atoms. The van der Waals surface area contributed by atoms with Gasteiger partial charge in [-0.25, -0.2) is 15.6 Å². The van der Waals surface area contributed by atoms with Crippen molar-refractivity contribution in [2.75, 3.05) is 6.54 Å². The quantitative estimate of drug-likeness (QED) is 0.141. The number of amides is 2. The van der Waals surface area contributed by atoms with Crippen molar-refractivity contribution in [2.45, 2.75) is 26.8 Å². The monoisotopic (exact) mass is 535 g/mol. The van der Waals surface area contributed by atoms with Crippen LogP contribution < -0.4 is 11.3 Å². The lowest BCUT2D eigenvalue weighted by Gasteiger charge is -2.28. The Balaban J connectivity index is 1.53. The lowest BCUT2D eigenvalue weighted by Crippen LogP contribution is -2.45. The van der Waals surface area contributed by atoms with E-state index in [0.717, 1.165) is 11.1 Å². The summed E-state index contributed by atoms with van der Waals surface area (Å²) in [6, 6.07) is 16.8. The van der Waals surface area contributed by atoms with Crippen molar-refractivity contribution in [3.8, 4) is 23.1 Å². The minimum Gasteiger partial charge on any atom is -0.480 e. The van der Waals surface area contributed by atoms with E-state index in [0.29, 0.717) is 39.8 Å². The molecule has 2 heterocycles. The second kappa shape index (κ2) is 12.2. The number of carbonyl (C=O) groups excluding carboxylic acids is 2. The topological polar surface area (TPSA) is 139 Å². The number of benzene rings is 2. The van der Waals surface area contributed by atoms with E-state index in [9.17, 15) is 19.5 Å². The molecule has 9 heteroatoms. The summed E-state index contributed by atoms with van der Waals surface area (Å²) in [4.78, 5) is 46.9. The maximum absolute atomic E-state index is 13.0. The summed E-state index contributed by atoms with van der Waals surface area (Å²) < 4.78 is 0. The number of nitrogens with zero attached hydrogens (tertiary/aromatic N) is 3. The van der Waals surface area contributed by atoms with Gasteiger partial charge in [0.25, 0.3) is 11.8 Å². The number of aromatic nitrogens is 2. The highest BCUT2D eigenvalue weighted by molar-refractivity contribution is 6.06. The number of hydrogen-bond donors (Lipinski definition) is 3.